The van der Waals surface area contributed by atoms with Gasteiger partial charge in [0.05, 0.1) is 17.1 Å². The molecule has 3 aromatic rings. The zero-order valence-corrected chi connectivity index (χ0v) is 15.8. The van der Waals surface area contributed by atoms with Crippen LogP contribution in [0.2, 0.25) is 0 Å². The number of halogens is 1. The predicted molar refractivity (Wildman–Crippen MR) is 98.7 cm³/mol. The van der Waals surface area contributed by atoms with Gasteiger partial charge in [-0.15, -0.1) is 0 Å². The highest BCUT2D eigenvalue weighted by Gasteiger charge is 2.37. The third-order valence-corrected chi connectivity index (χ3v) is 5.94. The first kappa shape index (κ1) is 16.4. The van der Waals surface area contributed by atoms with Gasteiger partial charge in [-0.1, -0.05) is 46.3 Å². The fourth-order valence-corrected chi connectivity index (χ4v) is 4.65. The molecule has 25 heavy (non-hydrogen) atoms. The SMILES string of the molecule is Cc1nn(-c2ccc(Br)cc2)c2c1C(c1ccccc1)CS(=O)(=O)O2. The summed E-state index contributed by atoms with van der Waals surface area (Å²) in [6.07, 6.45) is 0. The van der Waals surface area contributed by atoms with E-state index in [1.807, 2.05) is 61.5 Å². The lowest BCUT2D eigenvalue weighted by Gasteiger charge is -2.24. The van der Waals surface area contributed by atoms with Crippen molar-refractivity contribution in [2.75, 3.05) is 5.75 Å². The molecular weight excluding hydrogens is 404 g/mol. The van der Waals surface area contributed by atoms with Crippen LogP contribution in [0.3, 0.4) is 0 Å². The van der Waals surface area contributed by atoms with E-state index in [2.05, 4.69) is 21.0 Å². The highest BCUT2D eigenvalue weighted by atomic mass is 79.9. The maximum atomic E-state index is 12.4. The van der Waals surface area contributed by atoms with Crippen LogP contribution in [0.4, 0.5) is 0 Å². The van der Waals surface area contributed by atoms with E-state index in [9.17, 15) is 8.42 Å². The summed E-state index contributed by atoms with van der Waals surface area (Å²) in [4.78, 5) is 0. The summed E-state index contributed by atoms with van der Waals surface area (Å²) >= 11 is 3.40. The second-order valence-corrected chi connectivity index (χ2v) is 8.49. The summed E-state index contributed by atoms with van der Waals surface area (Å²) in [7, 11) is -3.69. The summed E-state index contributed by atoms with van der Waals surface area (Å²) in [5.41, 5.74) is 3.27. The van der Waals surface area contributed by atoms with E-state index in [1.165, 1.54) is 0 Å². The molecule has 1 aromatic heterocycles. The lowest BCUT2D eigenvalue weighted by Crippen LogP contribution is -2.27. The molecule has 1 unspecified atom stereocenters. The van der Waals surface area contributed by atoms with Crippen LogP contribution in [0.15, 0.2) is 59.1 Å². The molecule has 0 saturated carbocycles. The topological polar surface area (TPSA) is 61.2 Å². The summed E-state index contributed by atoms with van der Waals surface area (Å²) in [6, 6.07) is 17.1. The Hall–Kier alpha value is -2.12. The molecule has 1 aliphatic heterocycles. The van der Waals surface area contributed by atoms with Crippen molar-refractivity contribution in [3.05, 3.63) is 75.9 Å². The lowest BCUT2D eigenvalue weighted by molar-refractivity contribution is 0.446. The fourth-order valence-electron chi connectivity index (χ4n) is 3.15. The van der Waals surface area contributed by atoms with Crippen LogP contribution in [-0.4, -0.2) is 24.0 Å². The number of aryl methyl sites for hydroxylation is 1. The average molecular weight is 419 g/mol. The number of nitrogens with zero attached hydrogens (tertiary/aromatic N) is 2. The molecule has 0 fully saturated rings. The van der Waals surface area contributed by atoms with E-state index >= 15 is 0 Å². The Morgan fingerprint density at radius 1 is 1.12 bits per heavy atom. The normalized spacial score (nSPS) is 18.4. The first-order chi connectivity index (χ1) is 11.9. The summed E-state index contributed by atoms with van der Waals surface area (Å²) in [6.45, 7) is 1.88. The standard InChI is InChI=1S/C18H15BrN2O3S/c1-12-17-16(13-5-3-2-4-6-13)11-25(22,23)24-18(17)21(20-12)15-9-7-14(19)8-10-15/h2-10,16H,11H2,1H3. The van der Waals surface area contributed by atoms with Gasteiger partial charge in [0.15, 0.2) is 0 Å². The first-order valence-corrected chi connectivity index (χ1v) is 10.1. The molecule has 4 rings (SSSR count). The lowest BCUT2D eigenvalue weighted by atomic mass is 9.93. The molecular formula is C18H15BrN2O3S. The first-order valence-electron chi connectivity index (χ1n) is 7.77. The smallest absolute Gasteiger partial charge is 0.311 e. The van der Waals surface area contributed by atoms with Crippen molar-refractivity contribution in [2.24, 2.45) is 0 Å². The Morgan fingerprint density at radius 3 is 2.48 bits per heavy atom. The molecule has 0 amide bonds. The van der Waals surface area contributed by atoms with Gasteiger partial charge < -0.3 is 4.18 Å². The molecule has 5 nitrogen and oxygen atoms in total. The van der Waals surface area contributed by atoms with Crippen molar-refractivity contribution < 1.29 is 12.6 Å². The van der Waals surface area contributed by atoms with Crippen LogP contribution >= 0.6 is 15.9 Å². The maximum Gasteiger partial charge on any atom is 0.311 e. The second kappa shape index (κ2) is 6.00. The number of hydrogen-bond donors (Lipinski definition) is 0. The Kier molecular flexibility index (Phi) is 3.92. The van der Waals surface area contributed by atoms with Crippen molar-refractivity contribution in [3.63, 3.8) is 0 Å². The number of rotatable bonds is 2. The van der Waals surface area contributed by atoms with E-state index in [-0.39, 0.29) is 17.6 Å². The van der Waals surface area contributed by atoms with Crippen LogP contribution in [-0.2, 0) is 10.1 Å². The van der Waals surface area contributed by atoms with Crippen LogP contribution in [0.5, 0.6) is 5.88 Å². The van der Waals surface area contributed by atoms with Crippen molar-refractivity contribution in [2.45, 2.75) is 12.8 Å². The summed E-state index contributed by atoms with van der Waals surface area (Å²) in [5.74, 6) is -0.101. The van der Waals surface area contributed by atoms with Gasteiger partial charge in [-0.2, -0.15) is 18.2 Å². The van der Waals surface area contributed by atoms with Gasteiger partial charge in [0.2, 0.25) is 5.88 Å². The van der Waals surface area contributed by atoms with Gasteiger partial charge in [0.25, 0.3) is 0 Å². The van der Waals surface area contributed by atoms with Gasteiger partial charge in [-0.25, -0.2) is 0 Å². The number of hydrogen-bond acceptors (Lipinski definition) is 4. The highest BCUT2D eigenvalue weighted by molar-refractivity contribution is 9.10. The van der Waals surface area contributed by atoms with Gasteiger partial charge in [-0.05, 0) is 36.8 Å². The molecule has 1 aliphatic rings. The quantitative estimate of drug-likeness (QED) is 0.593. The zero-order chi connectivity index (χ0) is 17.6. The Labute approximate surface area is 154 Å². The molecule has 0 radical (unpaired) electrons. The maximum absolute atomic E-state index is 12.4. The van der Waals surface area contributed by atoms with Gasteiger partial charge in [-0.3, -0.25) is 0 Å². The fraction of sp³-hybridized carbons (Fsp3) is 0.167. The number of benzene rings is 2. The molecule has 0 spiro atoms. The molecule has 7 heteroatoms. The van der Waals surface area contributed by atoms with E-state index in [0.717, 1.165) is 27.0 Å². The van der Waals surface area contributed by atoms with Gasteiger partial charge in [0, 0.05) is 16.0 Å². The molecule has 0 saturated heterocycles. The minimum absolute atomic E-state index is 0.0864. The van der Waals surface area contributed by atoms with Crippen LogP contribution in [0.1, 0.15) is 22.7 Å². The van der Waals surface area contributed by atoms with Crippen molar-refractivity contribution >= 4 is 26.0 Å². The highest BCUT2D eigenvalue weighted by Crippen LogP contribution is 2.41. The summed E-state index contributed by atoms with van der Waals surface area (Å²) < 4.78 is 32.6. The Bertz CT molecular complexity index is 1030. The number of aromatic nitrogens is 2. The third-order valence-electron chi connectivity index (χ3n) is 4.26. The average Bonchev–Trinajstić information content (AvgIpc) is 2.91. The van der Waals surface area contributed by atoms with E-state index in [4.69, 9.17) is 4.18 Å². The van der Waals surface area contributed by atoms with E-state index < -0.39 is 10.1 Å². The van der Waals surface area contributed by atoms with Crippen molar-refractivity contribution in [1.29, 1.82) is 0 Å². The monoisotopic (exact) mass is 418 g/mol. The molecule has 0 N–H and O–H groups in total. The molecule has 2 heterocycles. The largest absolute Gasteiger partial charge is 0.361 e. The predicted octanol–water partition coefficient (Wildman–Crippen LogP) is 3.80. The zero-order valence-electron chi connectivity index (χ0n) is 13.4. The van der Waals surface area contributed by atoms with Gasteiger partial charge >= 0.3 is 10.1 Å². The summed E-state index contributed by atoms with van der Waals surface area (Å²) in [5, 5.41) is 4.55. The van der Waals surface area contributed by atoms with Crippen LogP contribution < -0.4 is 4.18 Å². The molecule has 128 valence electrons. The van der Waals surface area contributed by atoms with Gasteiger partial charge in [0.1, 0.15) is 0 Å². The van der Waals surface area contributed by atoms with E-state index in [0.29, 0.717) is 0 Å². The van der Waals surface area contributed by atoms with Crippen molar-refractivity contribution in [3.8, 4) is 11.6 Å². The van der Waals surface area contributed by atoms with E-state index in [1.54, 1.807) is 4.68 Å². The molecule has 2 aromatic carbocycles. The Morgan fingerprint density at radius 2 is 1.80 bits per heavy atom. The second-order valence-electron chi connectivity index (χ2n) is 5.96. The molecule has 0 bridgehead atoms. The van der Waals surface area contributed by atoms with Crippen molar-refractivity contribution in [1.82, 2.24) is 9.78 Å². The molecule has 0 aliphatic carbocycles. The minimum atomic E-state index is -3.69. The third kappa shape index (κ3) is 2.98. The minimum Gasteiger partial charge on any atom is -0.361 e. The number of fused-ring (bicyclic) bond motifs is 1. The Balaban J connectivity index is 1.92. The van der Waals surface area contributed by atoms with Crippen LogP contribution in [0.25, 0.3) is 5.69 Å². The molecule has 1 atom stereocenters. The van der Waals surface area contributed by atoms with Crippen LogP contribution in [0, 0.1) is 6.92 Å².